The molecule has 1 saturated heterocycles. The molecule has 8 heteroatoms. The fourth-order valence-electron chi connectivity index (χ4n) is 3.56. The minimum Gasteiger partial charge on any atom is -0.359 e. The lowest BCUT2D eigenvalue weighted by Crippen LogP contribution is -2.43. The number of benzene rings is 1. The predicted octanol–water partition coefficient (Wildman–Crippen LogP) is 0.112. The maximum atomic E-state index is 12.4. The van der Waals surface area contributed by atoms with Crippen molar-refractivity contribution in [1.82, 2.24) is 25.1 Å². The summed E-state index contributed by atoms with van der Waals surface area (Å²) in [7, 11) is 3.62. The Balaban J connectivity index is 1.55. The lowest BCUT2D eigenvalue weighted by molar-refractivity contribution is -0.123. The number of carbonyl (C=O) groups excluding carboxylic acids is 2. The molecule has 0 radical (unpaired) electrons. The molecule has 3 rings (SSSR count). The van der Waals surface area contributed by atoms with Crippen LogP contribution in [0.4, 0.5) is 0 Å². The number of carbonyl (C=O) groups is 2. The van der Waals surface area contributed by atoms with Gasteiger partial charge in [-0.2, -0.15) is 0 Å². The largest absolute Gasteiger partial charge is 0.359 e. The number of rotatable bonds is 6. The number of nitrogens with zero attached hydrogens (tertiary/aromatic N) is 3. The molecule has 2 heterocycles. The van der Waals surface area contributed by atoms with E-state index in [4.69, 9.17) is 0 Å². The SMILES string of the molecule is CNC(=O)C[C@H]1CC[C@@H](CNC(=O)Cn2cnc3ccccc3c2=O)N1C. The van der Waals surface area contributed by atoms with Crippen molar-refractivity contribution in [3.05, 3.63) is 40.9 Å². The van der Waals surface area contributed by atoms with Gasteiger partial charge in [0.2, 0.25) is 11.8 Å². The van der Waals surface area contributed by atoms with Crippen molar-refractivity contribution in [2.45, 2.75) is 37.9 Å². The molecule has 0 spiro atoms. The topological polar surface area (TPSA) is 96.3 Å². The Labute approximate surface area is 157 Å². The predicted molar refractivity (Wildman–Crippen MR) is 102 cm³/mol. The molecule has 1 aromatic heterocycles. The third kappa shape index (κ3) is 4.33. The maximum absolute atomic E-state index is 12.4. The Morgan fingerprint density at radius 1 is 1.19 bits per heavy atom. The van der Waals surface area contributed by atoms with Gasteiger partial charge in [-0.15, -0.1) is 0 Å². The highest BCUT2D eigenvalue weighted by atomic mass is 16.2. The van der Waals surface area contributed by atoms with Crippen molar-refractivity contribution in [2.75, 3.05) is 20.6 Å². The fourth-order valence-corrected chi connectivity index (χ4v) is 3.56. The highest BCUT2D eigenvalue weighted by Gasteiger charge is 2.31. The first-order chi connectivity index (χ1) is 13.0. The highest BCUT2D eigenvalue weighted by molar-refractivity contribution is 5.79. The first kappa shape index (κ1) is 19.0. The van der Waals surface area contributed by atoms with Crippen LogP contribution in [0.1, 0.15) is 19.3 Å². The van der Waals surface area contributed by atoms with Gasteiger partial charge in [0.05, 0.1) is 17.2 Å². The second kappa shape index (κ2) is 8.30. The van der Waals surface area contributed by atoms with E-state index in [9.17, 15) is 14.4 Å². The number of nitrogens with one attached hydrogen (secondary N) is 2. The van der Waals surface area contributed by atoms with Crippen LogP contribution in [0.2, 0.25) is 0 Å². The molecular formula is C19H25N5O3. The molecule has 1 aliphatic rings. The van der Waals surface area contributed by atoms with Gasteiger partial charge in [-0.05, 0) is 32.0 Å². The lowest BCUT2D eigenvalue weighted by atomic mass is 10.1. The third-order valence-electron chi connectivity index (χ3n) is 5.27. The Hall–Kier alpha value is -2.74. The van der Waals surface area contributed by atoms with Crippen molar-refractivity contribution in [3.8, 4) is 0 Å². The quantitative estimate of drug-likeness (QED) is 0.751. The smallest absolute Gasteiger partial charge is 0.261 e. The minimum atomic E-state index is -0.225. The molecule has 0 bridgehead atoms. The molecular weight excluding hydrogens is 346 g/mol. The van der Waals surface area contributed by atoms with Gasteiger partial charge in [-0.1, -0.05) is 12.1 Å². The van der Waals surface area contributed by atoms with Crippen LogP contribution in [0.15, 0.2) is 35.4 Å². The Morgan fingerprint density at radius 3 is 2.70 bits per heavy atom. The first-order valence-electron chi connectivity index (χ1n) is 9.13. The second-order valence-corrected chi connectivity index (χ2v) is 6.93. The normalized spacial score (nSPS) is 19.9. The van der Waals surface area contributed by atoms with E-state index in [1.165, 1.54) is 10.9 Å². The van der Waals surface area contributed by atoms with Crippen LogP contribution in [0, 0.1) is 0 Å². The number of hydrogen-bond donors (Lipinski definition) is 2. The van der Waals surface area contributed by atoms with Crippen LogP contribution in [0.25, 0.3) is 10.9 Å². The van der Waals surface area contributed by atoms with Crippen LogP contribution in [-0.4, -0.2) is 59.0 Å². The molecule has 27 heavy (non-hydrogen) atoms. The maximum Gasteiger partial charge on any atom is 0.261 e. The van der Waals surface area contributed by atoms with E-state index in [1.54, 1.807) is 25.2 Å². The summed E-state index contributed by atoms with van der Waals surface area (Å²) in [5.74, 6) is -0.197. The zero-order chi connectivity index (χ0) is 19.4. The van der Waals surface area contributed by atoms with Crippen LogP contribution in [0.3, 0.4) is 0 Å². The van der Waals surface area contributed by atoms with Crippen LogP contribution in [0.5, 0.6) is 0 Å². The first-order valence-corrected chi connectivity index (χ1v) is 9.13. The Morgan fingerprint density at radius 2 is 1.93 bits per heavy atom. The van der Waals surface area contributed by atoms with Gasteiger partial charge in [-0.3, -0.25) is 23.9 Å². The Bertz CT molecular complexity index is 894. The van der Waals surface area contributed by atoms with Crippen molar-refractivity contribution < 1.29 is 9.59 Å². The van der Waals surface area contributed by atoms with Gasteiger partial charge in [0.15, 0.2) is 0 Å². The van der Waals surface area contributed by atoms with E-state index in [1.807, 2.05) is 13.1 Å². The number of hydrogen-bond acceptors (Lipinski definition) is 5. The van der Waals surface area contributed by atoms with Gasteiger partial charge >= 0.3 is 0 Å². The molecule has 2 atom stereocenters. The van der Waals surface area contributed by atoms with Gasteiger partial charge in [-0.25, -0.2) is 4.98 Å². The summed E-state index contributed by atoms with van der Waals surface area (Å²) < 4.78 is 1.32. The minimum absolute atomic E-state index is 0.0275. The summed E-state index contributed by atoms with van der Waals surface area (Å²) in [6, 6.07) is 7.46. The van der Waals surface area contributed by atoms with Crippen molar-refractivity contribution >= 4 is 22.7 Å². The van der Waals surface area contributed by atoms with Crippen LogP contribution >= 0.6 is 0 Å². The molecule has 1 fully saturated rings. The molecule has 1 aliphatic heterocycles. The van der Waals surface area contributed by atoms with Gasteiger partial charge < -0.3 is 10.6 Å². The van der Waals surface area contributed by atoms with Crippen molar-refractivity contribution in [1.29, 1.82) is 0 Å². The molecule has 2 aromatic rings. The number of amides is 2. The Kier molecular flexibility index (Phi) is 5.85. The average molecular weight is 371 g/mol. The summed E-state index contributed by atoms with van der Waals surface area (Å²) in [6.45, 7) is 0.435. The standard InChI is InChI=1S/C19H25N5O3/c1-20-17(25)9-13-7-8-14(23(13)2)10-21-18(26)11-24-12-22-16-6-4-3-5-15(16)19(24)27/h3-6,12-14H,7-11H2,1-2H3,(H,20,25)(H,21,26)/t13-,14+/m1/s1. The number of likely N-dealkylation sites (tertiary alicyclic amines) is 1. The molecule has 0 saturated carbocycles. The summed E-state index contributed by atoms with van der Waals surface area (Å²) in [6.07, 6.45) is 3.73. The number of likely N-dealkylation sites (N-methyl/N-ethyl adjacent to an activating group) is 1. The molecule has 8 nitrogen and oxygen atoms in total. The molecule has 0 unspecified atom stereocenters. The summed E-state index contributed by atoms with van der Waals surface area (Å²) in [5.41, 5.74) is 0.397. The van der Waals surface area contributed by atoms with Crippen LogP contribution in [-0.2, 0) is 16.1 Å². The van der Waals surface area contributed by atoms with Crippen molar-refractivity contribution in [3.63, 3.8) is 0 Å². The lowest BCUT2D eigenvalue weighted by Gasteiger charge is -2.25. The van der Waals surface area contributed by atoms with Gasteiger partial charge in [0, 0.05) is 32.1 Å². The van der Waals surface area contributed by atoms with Gasteiger partial charge in [0.25, 0.3) is 5.56 Å². The third-order valence-corrected chi connectivity index (χ3v) is 5.27. The fraction of sp³-hybridized carbons (Fsp3) is 0.474. The van der Waals surface area contributed by atoms with Gasteiger partial charge in [0.1, 0.15) is 6.54 Å². The molecule has 2 N–H and O–H groups in total. The molecule has 2 amide bonds. The molecule has 0 aliphatic carbocycles. The van der Waals surface area contributed by atoms with Crippen molar-refractivity contribution in [2.24, 2.45) is 0 Å². The van der Waals surface area contributed by atoms with E-state index in [0.717, 1.165) is 12.8 Å². The van der Waals surface area contributed by atoms with E-state index in [2.05, 4.69) is 20.5 Å². The second-order valence-electron chi connectivity index (χ2n) is 6.93. The molecule has 144 valence electrons. The van der Waals surface area contributed by atoms with E-state index in [0.29, 0.717) is 23.9 Å². The number of para-hydroxylation sites is 1. The average Bonchev–Trinajstić information content (AvgIpc) is 3.02. The monoisotopic (exact) mass is 371 g/mol. The number of aromatic nitrogens is 2. The highest BCUT2D eigenvalue weighted by Crippen LogP contribution is 2.24. The molecule has 1 aromatic carbocycles. The van der Waals surface area contributed by atoms with E-state index in [-0.39, 0.29) is 36.0 Å². The summed E-state index contributed by atoms with van der Waals surface area (Å²) in [4.78, 5) is 42.7. The van der Waals surface area contributed by atoms with E-state index < -0.39 is 0 Å². The zero-order valence-corrected chi connectivity index (χ0v) is 15.6. The number of fused-ring (bicyclic) bond motifs is 1. The summed E-state index contributed by atoms with van der Waals surface area (Å²) in [5, 5.41) is 6.05. The zero-order valence-electron chi connectivity index (χ0n) is 15.6. The summed E-state index contributed by atoms with van der Waals surface area (Å²) >= 11 is 0. The van der Waals surface area contributed by atoms with E-state index >= 15 is 0 Å². The van der Waals surface area contributed by atoms with Crippen LogP contribution < -0.4 is 16.2 Å².